The molecule has 25 heavy (non-hydrogen) atoms. The molecule has 1 aromatic rings. The first-order valence-electron chi connectivity index (χ1n) is 8.29. The standard InChI is InChI=1S/C16H25ClN3O3S2/c1-4-6-9-18-19-25(22,23)15-10-13(7-8-14(15)17)16(21)11-24-12-20(16,3)5-2/h7-8,10,21H,4-6,9,11-12H2,1-3H3/q+1. The van der Waals surface area contributed by atoms with Crippen LogP contribution in [0.2, 0.25) is 5.02 Å². The first kappa shape index (κ1) is 20.6. The summed E-state index contributed by atoms with van der Waals surface area (Å²) in [6.45, 7) is 5.09. The van der Waals surface area contributed by atoms with E-state index in [0.29, 0.717) is 22.3 Å². The zero-order chi connectivity index (χ0) is 18.7. The van der Waals surface area contributed by atoms with Crippen LogP contribution in [-0.2, 0) is 15.7 Å². The van der Waals surface area contributed by atoms with Crippen molar-refractivity contribution in [2.45, 2.75) is 37.3 Å². The minimum absolute atomic E-state index is 0.0816. The van der Waals surface area contributed by atoms with Gasteiger partial charge in [0.05, 0.1) is 30.9 Å². The molecule has 0 saturated carbocycles. The van der Waals surface area contributed by atoms with Gasteiger partial charge in [0, 0.05) is 5.56 Å². The molecule has 0 aliphatic carbocycles. The van der Waals surface area contributed by atoms with Crippen molar-refractivity contribution in [2.24, 2.45) is 9.63 Å². The van der Waals surface area contributed by atoms with Crippen molar-refractivity contribution in [1.82, 2.24) is 0 Å². The van der Waals surface area contributed by atoms with Crippen LogP contribution in [0.25, 0.3) is 0 Å². The van der Waals surface area contributed by atoms with Crippen LogP contribution in [-0.4, -0.2) is 49.8 Å². The van der Waals surface area contributed by atoms with E-state index in [1.54, 1.807) is 17.8 Å². The predicted octanol–water partition coefficient (Wildman–Crippen LogP) is 3.60. The van der Waals surface area contributed by atoms with Gasteiger partial charge in [-0.25, -0.2) is 0 Å². The summed E-state index contributed by atoms with van der Waals surface area (Å²) >= 11 is 7.75. The molecule has 9 heteroatoms. The third-order valence-electron chi connectivity index (χ3n) is 4.72. The molecule has 1 aliphatic heterocycles. The molecule has 0 spiro atoms. The minimum atomic E-state index is -3.99. The van der Waals surface area contributed by atoms with Crippen molar-refractivity contribution < 1.29 is 18.0 Å². The number of thioether (sulfide) groups is 1. The molecule has 2 atom stereocenters. The van der Waals surface area contributed by atoms with Crippen molar-refractivity contribution in [1.29, 1.82) is 0 Å². The average Bonchev–Trinajstić information content (AvgIpc) is 2.88. The summed E-state index contributed by atoms with van der Waals surface area (Å²) in [6.07, 6.45) is 1.68. The topological polar surface area (TPSA) is 79.1 Å². The fourth-order valence-electron chi connectivity index (χ4n) is 2.74. The Kier molecular flexibility index (Phi) is 6.54. The summed E-state index contributed by atoms with van der Waals surface area (Å²) in [5.41, 5.74) is -0.623. The number of sulfonamides is 1. The van der Waals surface area contributed by atoms with E-state index in [1.165, 1.54) is 12.1 Å². The largest absolute Gasteiger partial charge is 0.338 e. The maximum Gasteiger partial charge on any atom is 0.300 e. The molecule has 2 unspecified atom stereocenters. The van der Waals surface area contributed by atoms with E-state index in [0.717, 1.165) is 25.3 Å². The monoisotopic (exact) mass is 406 g/mol. The van der Waals surface area contributed by atoms with E-state index in [-0.39, 0.29) is 9.92 Å². The van der Waals surface area contributed by atoms with Crippen LogP contribution < -0.4 is 0 Å². The number of quaternary nitrogens is 1. The van der Waals surface area contributed by atoms with Gasteiger partial charge in [0.15, 0.2) is 0 Å². The fraction of sp³-hybridized carbons (Fsp3) is 0.625. The van der Waals surface area contributed by atoms with Crippen LogP contribution in [0.15, 0.2) is 32.7 Å². The van der Waals surface area contributed by atoms with Crippen LogP contribution in [0.1, 0.15) is 32.3 Å². The molecule has 140 valence electrons. The quantitative estimate of drug-likeness (QED) is 0.426. The molecule has 1 aromatic carbocycles. The Morgan fingerprint density at radius 2 is 2.12 bits per heavy atom. The Balaban J connectivity index is 2.43. The van der Waals surface area contributed by atoms with Gasteiger partial charge in [-0.15, -0.1) is 0 Å². The maximum atomic E-state index is 12.5. The van der Waals surface area contributed by atoms with Crippen LogP contribution >= 0.6 is 23.4 Å². The normalized spacial score (nSPS) is 27.2. The lowest BCUT2D eigenvalue weighted by atomic mass is 10.0. The molecule has 0 aromatic heterocycles. The van der Waals surface area contributed by atoms with Gasteiger partial charge in [0.25, 0.3) is 0 Å². The van der Waals surface area contributed by atoms with Gasteiger partial charge in [-0.1, -0.05) is 41.2 Å². The summed E-state index contributed by atoms with van der Waals surface area (Å²) in [4.78, 5) is -0.111. The number of hydrogen-bond acceptors (Lipinski definition) is 5. The zero-order valence-electron chi connectivity index (χ0n) is 14.8. The van der Waals surface area contributed by atoms with E-state index in [9.17, 15) is 13.5 Å². The van der Waals surface area contributed by atoms with Crippen molar-refractivity contribution in [2.75, 3.05) is 31.8 Å². The molecule has 6 nitrogen and oxygen atoms in total. The van der Waals surface area contributed by atoms with Gasteiger partial charge in [0.1, 0.15) is 10.8 Å². The van der Waals surface area contributed by atoms with Gasteiger partial charge in [-0.3, -0.25) is 4.48 Å². The molecule has 0 bridgehead atoms. The highest BCUT2D eigenvalue weighted by molar-refractivity contribution is 7.99. The molecule has 0 amide bonds. The Bertz CT molecular complexity index is 757. The smallest absolute Gasteiger partial charge is 0.300 e. The second kappa shape index (κ2) is 7.92. The molecule has 1 heterocycles. The third-order valence-corrected chi connectivity index (χ3v) is 7.74. The molecular weight excluding hydrogens is 382 g/mol. The molecule has 1 N–H and O–H groups in total. The van der Waals surface area contributed by atoms with Gasteiger partial charge < -0.3 is 5.11 Å². The Hall–Kier alpha value is -0.670. The summed E-state index contributed by atoms with van der Waals surface area (Å²) in [5, 5.41) is 15.1. The highest BCUT2D eigenvalue weighted by atomic mass is 35.5. The summed E-state index contributed by atoms with van der Waals surface area (Å²) in [5.74, 6) is 1.25. The number of benzene rings is 1. The molecule has 1 aliphatic rings. The Morgan fingerprint density at radius 3 is 2.76 bits per heavy atom. The molecular formula is C16H25ClN3O3S2+. The van der Waals surface area contributed by atoms with Crippen molar-refractivity contribution in [3.63, 3.8) is 0 Å². The molecule has 0 radical (unpaired) electrons. The van der Waals surface area contributed by atoms with Crippen molar-refractivity contribution in [3.05, 3.63) is 28.8 Å². The highest BCUT2D eigenvalue weighted by Gasteiger charge is 2.52. The third kappa shape index (κ3) is 4.03. The number of unbranched alkanes of at least 4 members (excludes halogenated alkanes) is 1. The van der Waals surface area contributed by atoms with E-state index in [2.05, 4.69) is 9.63 Å². The molecule has 1 fully saturated rings. The Labute approximate surface area is 158 Å². The van der Waals surface area contributed by atoms with E-state index in [1.807, 2.05) is 20.9 Å². The lowest BCUT2D eigenvalue weighted by Gasteiger charge is -2.41. The molecule has 1 saturated heterocycles. The summed E-state index contributed by atoms with van der Waals surface area (Å²) < 4.78 is 28.9. The number of nitrogens with zero attached hydrogens (tertiary/aromatic N) is 3. The lowest BCUT2D eigenvalue weighted by Crippen LogP contribution is -2.56. The van der Waals surface area contributed by atoms with Crippen molar-refractivity contribution >= 4 is 33.4 Å². The number of aliphatic hydroxyl groups is 1. The van der Waals surface area contributed by atoms with Crippen LogP contribution in [0.3, 0.4) is 0 Å². The first-order chi connectivity index (χ1) is 11.7. The fourth-order valence-corrected chi connectivity index (χ4v) is 5.72. The number of hydrogen-bond donors (Lipinski definition) is 1. The summed E-state index contributed by atoms with van der Waals surface area (Å²) in [6, 6.07) is 4.63. The number of rotatable bonds is 7. The predicted molar refractivity (Wildman–Crippen MR) is 101 cm³/mol. The van der Waals surface area contributed by atoms with Gasteiger partial charge in [-0.2, -0.15) is 13.5 Å². The van der Waals surface area contributed by atoms with Gasteiger partial charge >= 0.3 is 10.0 Å². The van der Waals surface area contributed by atoms with Crippen LogP contribution in [0.4, 0.5) is 0 Å². The second-order valence-corrected chi connectivity index (χ2v) is 9.34. The molecule has 2 rings (SSSR count). The van der Waals surface area contributed by atoms with Crippen molar-refractivity contribution in [3.8, 4) is 0 Å². The Morgan fingerprint density at radius 1 is 1.40 bits per heavy atom. The zero-order valence-corrected chi connectivity index (χ0v) is 17.2. The summed E-state index contributed by atoms with van der Waals surface area (Å²) in [7, 11) is -2.03. The van der Waals surface area contributed by atoms with Crippen LogP contribution in [0, 0.1) is 0 Å². The number of halogens is 1. The first-order valence-corrected chi connectivity index (χ1v) is 11.3. The lowest BCUT2D eigenvalue weighted by molar-refractivity contribution is -0.972. The average molecular weight is 407 g/mol. The van der Waals surface area contributed by atoms with E-state index >= 15 is 0 Å². The van der Waals surface area contributed by atoms with E-state index in [4.69, 9.17) is 11.6 Å². The highest BCUT2D eigenvalue weighted by Crippen LogP contribution is 2.43. The van der Waals surface area contributed by atoms with Crippen LogP contribution in [0.5, 0.6) is 0 Å². The van der Waals surface area contributed by atoms with Gasteiger partial charge in [-0.05, 0) is 31.5 Å². The van der Waals surface area contributed by atoms with Gasteiger partial charge in [0.2, 0.25) is 5.72 Å². The second-order valence-electron chi connectivity index (χ2n) is 6.43. The SMILES string of the molecule is CCCCN=NS(=O)(=O)c1cc(C2(O)CSC[N+]2(C)CC)ccc1Cl. The van der Waals surface area contributed by atoms with E-state index < -0.39 is 15.7 Å². The minimum Gasteiger partial charge on any atom is -0.338 e. The maximum absolute atomic E-state index is 12.5.